The lowest BCUT2D eigenvalue weighted by Gasteiger charge is -2.27. The van der Waals surface area contributed by atoms with Gasteiger partial charge in [0.25, 0.3) is 0 Å². The van der Waals surface area contributed by atoms with Gasteiger partial charge in [-0.1, -0.05) is 22.6 Å². The number of rotatable bonds is 4. The van der Waals surface area contributed by atoms with Crippen molar-refractivity contribution in [1.82, 2.24) is 4.90 Å². The fourth-order valence-electron chi connectivity index (χ4n) is 1.24. The van der Waals surface area contributed by atoms with E-state index in [-0.39, 0.29) is 0 Å². The van der Waals surface area contributed by atoms with Crippen LogP contribution in [0.1, 0.15) is 27.7 Å². The third-order valence-corrected chi connectivity index (χ3v) is 2.44. The van der Waals surface area contributed by atoms with Crippen LogP contribution in [0.5, 0.6) is 0 Å². The third-order valence-electron chi connectivity index (χ3n) is 1.76. The first-order valence-electron chi connectivity index (χ1n) is 4.53. The van der Waals surface area contributed by atoms with Gasteiger partial charge in [0, 0.05) is 19.1 Å². The Morgan fingerprint density at radius 3 is 2.25 bits per heavy atom. The van der Waals surface area contributed by atoms with E-state index in [0.717, 1.165) is 17.5 Å². The first kappa shape index (κ1) is 12.2. The Kier molecular flexibility index (Phi) is 6.80. The molecule has 0 aliphatic carbocycles. The van der Waals surface area contributed by atoms with Gasteiger partial charge in [-0.15, -0.1) is 0 Å². The number of amidine groups is 1. The van der Waals surface area contributed by atoms with E-state index in [0.29, 0.717) is 6.04 Å². The van der Waals surface area contributed by atoms with Crippen LogP contribution < -0.4 is 0 Å². The second-order valence-corrected chi connectivity index (χ2v) is 3.67. The van der Waals surface area contributed by atoms with Gasteiger partial charge < -0.3 is 4.90 Å². The monoisotopic (exact) mass is 282 g/mol. The van der Waals surface area contributed by atoms with Crippen LogP contribution in [0.3, 0.4) is 0 Å². The molecule has 0 radical (unpaired) electrons. The molecule has 0 heterocycles. The molecule has 0 amide bonds. The van der Waals surface area contributed by atoms with Crippen molar-refractivity contribution in [3.8, 4) is 0 Å². The lowest BCUT2D eigenvalue weighted by molar-refractivity contribution is 0.365. The van der Waals surface area contributed by atoms with Crippen molar-refractivity contribution in [3.63, 3.8) is 0 Å². The fourth-order valence-corrected chi connectivity index (χ4v) is 1.92. The highest BCUT2D eigenvalue weighted by atomic mass is 127. The summed E-state index contributed by atoms with van der Waals surface area (Å²) in [5, 5.41) is 0. The van der Waals surface area contributed by atoms with Gasteiger partial charge in [0.1, 0.15) is 5.84 Å². The van der Waals surface area contributed by atoms with Gasteiger partial charge >= 0.3 is 0 Å². The van der Waals surface area contributed by atoms with Crippen LogP contribution in [0, 0.1) is 0 Å². The molecular formula is C9H19IN2. The zero-order valence-electron chi connectivity index (χ0n) is 8.47. The molecule has 0 aliphatic rings. The second-order valence-electron chi connectivity index (χ2n) is 2.90. The molecule has 0 atom stereocenters. The minimum absolute atomic E-state index is 0.565. The fraction of sp³-hybridized carbons (Fsp3) is 0.889. The first-order valence-corrected chi connectivity index (χ1v) is 6.05. The summed E-state index contributed by atoms with van der Waals surface area (Å²) in [7, 11) is 0. The summed E-state index contributed by atoms with van der Waals surface area (Å²) in [4.78, 5) is 6.81. The molecule has 0 aromatic carbocycles. The molecule has 0 aliphatic heterocycles. The van der Waals surface area contributed by atoms with E-state index >= 15 is 0 Å². The number of nitrogens with zero attached hydrogens (tertiary/aromatic N) is 2. The Morgan fingerprint density at radius 1 is 1.42 bits per heavy atom. The van der Waals surface area contributed by atoms with Crippen molar-refractivity contribution >= 4 is 28.4 Å². The molecule has 72 valence electrons. The minimum atomic E-state index is 0.565. The number of hydrogen-bond acceptors (Lipinski definition) is 1. The second kappa shape index (κ2) is 6.69. The molecule has 0 rings (SSSR count). The molecule has 0 spiro atoms. The van der Waals surface area contributed by atoms with E-state index in [4.69, 9.17) is 0 Å². The van der Waals surface area contributed by atoms with Crippen LogP contribution >= 0.6 is 22.6 Å². The highest BCUT2D eigenvalue weighted by Gasteiger charge is 2.10. The van der Waals surface area contributed by atoms with Crippen molar-refractivity contribution in [3.05, 3.63) is 0 Å². The van der Waals surface area contributed by atoms with Crippen LogP contribution in [0.25, 0.3) is 0 Å². The molecule has 0 N–H and O–H groups in total. The lowest BCUT2D eigenvalue weighted by Crippen LogP contribution is -2.37. The summed E-state index contributed by atoms with van der Waals surface area (Å²) in [6.07, 6.45) is 0. The Bertz CT molecular complexity index is 143. The summed E-state index contributed by atoms with van der Waals surface area (Å²) in [6.45, 7) is 10.6. The maximum Gasteiger partial charge on any atom is 0.109 e. The summed E-state index contributed by atoms with van der Waals surface area (Å²) < 4.78 is 1.01. The predicted octanol–water partition coefficient (Wildman–Crippen LogP) is 2.57. The SMILES string of the molecule is CC/N=C(\CI)N(CC)C(C)C. The quantitative estimate of drug-likeness (QED) is 0.335. The molecular weight excluding hydrogens is 263 g/mol. The molecule has 2 nitrogen and oxygen atoms in total. The van der Waals surface area contributed by atoms with Gasteiger partial charge in [-0.05, 0) is 27.7 Å². The van der Waals surface area contributed by atoms with Gasteiger partial charge in [0.2, 0.25) is 0 Å². The Hall–Kier alpha value is 0.200. The lowest BCUT2D eigenvalue weighted by atomic mass is 10.3. The molecule has 0 saturated carbocycles. The van der Waals surface area contributed by atoms with E-state index in [1.807, 2.05) is 0 Å². The minimum Gasteiger partial charge on any atom is -0.358 e. The molecule has 12 heavy (non-hydrogen) atoms. The van der Waals surface area contributed by atoms with Gasteiger partial charge in [-0.3, -0.25) is 4.99 Å². The smallest absolute Gasteiger partial charge is 0.109 e. The van der Waals surface area contributed by atoms with Crippen LogP contribution in [-0.4, -0.2) is 34.3 Å². The molecule has 0 fully saturated rings. The standard InChI is InChI=1S/C9H19IN2/c1-5-11-9(7-10)12(6-2)8(3)4/h8H,5-7H2,1-4H3/b11-9+. The Morgan fingerprint density at radius 2 is 2.00 bits per heavy atom. The summed E-state index contributed by atoms with van der Waals surface area (Å²) in [5.41, 5.74) is 0. The maximum absolute atomic E-state index is 4.47. The van der Waals surface area contributed by atoms with Crippen LogP contribution in [-0.2, 0) is 0 Å². The highest BCUT2D eigenvalue weighted by Crippen LogP contribution is 2.02. The van der Waals surface area contributed by atoms with E-state index in [1.165, 1.54) is 5.84 Å². The topological polar surface area (TPSA) is 15.6 Å². The normalized spacial score (nSPS) is 12.3. The Balaban J connectivity index is 4.33. The van der Waals surface area contributed by atoms with Gasteiger partial charge in [-0.2, -0.15) is 0 Å². The average Bonchev–Trinajstić information content (AvgIpc) is 2.03. The van der Waals surface area contributed by atoms with E-state index in [9.17, 15) is 0 Å². The summed E-state index contributed by atoms with van der Waals surface area (Å²) in [5.74, 6) is 1.23. The zero-order valence-corrected chi connectivity index (χ0v) is 10.6. The molecule has 0 saturated heterocycles. The van der Waals surface area contributed by atoms with E-state index < -0.39 is 0 Å². The van der Waals surface area contributed by atoms with E-state index in [1.54, 1.807) is 0 Å². The van der Waals surface area contributed by atoms with E-state index in [2.05, 4.69) is 60.2 Å². The number of aliphatic imine (C=N–C) groups is 1. The van der Waals surface area contributed by atoms with Crippen LogP contribution in [0.15, 0.2) is 4.99 Å². The largest absolute Gasteiger partial charge is 0.358 e. The van der Waals surface area contributed by atoms with Crippen molar-refractivity contribution in [2.75, 3.05) is 17.5 Å². The van der Waals surface area contributed by atoms with Gasteiger partial charge in [0.15, 0.2) is 0 Å². The van der Waals surface area contributed by atoms with Crippen molar-refractivity contribution < 1.29 is 0 Å². The van der Waals surface area contributed by atoms with Crippen LogP contribution in [0.4, 0.5) is 0 Å². The van der Waals surface area contributed by atoms with Gasteiger partial charge in [-0.25, -0.2) is 0 Å². The number of alkyl halides is 1. The third kappa shape index (κ3) is 3.74. The predicted molar refractivity (Wildman–Crippen MR) is 64.4 cm³/mol. The molecule has 3 heteroatoms. The number of hydrogen-bond donors (Lipinski definition) is 0. The first-order chi connectivity index (χ1) is 5.67. The van der Waals surface area contributed by atoms with Crippen molar-refractivity contribution in [2.24, 2.45) is 4.99 Å². The summed E-state index contributed by atoms with van der Waals surface area (Å²) >= 11 is 2.37. The molecule has 0 aromatic heterocycles. The molecule has 0 unspecified atom stereocenters. The highest BCUT2D eigenvalue weighted by molar-refractivity contribution is 14.1. The average molecular weight is 282 g/mol. The summed E-state index contributed by atoms with van der Waals surface area (Å²) in [6, 6.07) is 0.565. The molecule has 0 bridgehead atoms. The molecule has 0 aromatic rings. The maximum atomic E-state index is 4.47. The van der Waals surface area contributed by atoms with Crippen molar-refractivity contribution in [1.29, 1.82) is 0 Å². The van der Waals surface area contributed by atoms with Gasteiger partial charge in [0.05, 0.1) is 4.43 Å². The van der Waals surface area contributed by atoms with Crippen molar-refractivity contribution in [2.45, 2.75) is 33.7 Å². The Labute approximate surface area is 89.6 Å². The zero-order chi connectivity index (χ0) is 9.56. The van der Waals surface area contributed by atoms with Crippen LogP contribution in [0.2, 0.25) is 0 Å². The number of halogens is 1.